The SMILES string of the molecule is CNc1cc(C2CCCN2Cc2nccn2C(C)C)ccn1. The molecule has 1 atom stereocenters. The van der Waals surface area contributed by atoms with Gasteiger partial charge in [0.25, 0.3) is 0 Å². The highest BCUT2D eigenvalue weighted by molar-refractivity contribution is 5.38. The fraction of sp³-hybridized carbons (Fsp3) is 0.529. The molecule has 2 aromatic heterocycles. The number of likely N-dealkylation sites (tertiary alicyclic amines) is 1. The van der Waals surface area contributed by atoms with Crippen LogP contribution in [0.1, 0.15) is 50.2 Å². The van der Waals surface area contributed by atoms with E-state index >= 15 is 0 Å². The fourth-order valence-corrected chi connectivity index (χ4v) is 3.30. The maximum Gasteiger partial charge on any atom is 0.125 e. The molecule has 3 heterocycles. The lowest BCUT2D eigenvalue weighted by molar-refractivity contribution is 0.237. The number of rotatable bonds is 5. The van der Waals surface area contributed by atoms with Crippen molar-refractivity contribution in [3.05, 3.63) is 42.1 Å². The molecule has 5 nitrogen and oxygen atoms in total. The molecule has 5 heteroatoms. The largest absolute Gasteiger partial charge is 0.373 e. The Morgan fingerprint density at radius 1 is 1.32 bits per heavy atom. The van der Waals surface area contributed by atoms with E-state index < -0.39 is 0 Å². The third-order valence-electron chi connectivity index (χ3n) is 4.44. The second kappa shape index (κ2) is 6.48. The molecule has 0 amide bonds. The zero-order valence-corrected chi connectivity index (χ0v) is 13.7. The van der Waals surface area contributed by atoms with Crippen molar-refractivity contribution in [3.63, 3.8) is 0 Å². The normalized spacial score (nSPS) is 19.0. The van der Waals surface area contributed by atoms with Gasteiger partial charge in [0.15, 0.2) is 0 Å². The van der Waals surface area contributed by atoms with E-state index in [0.29, 0.717) is 12.1 Å². The van der Waals surface area contributed by atoms with Crippen molar-refractivity contribution in [2.24, 2.45) is 0 Å². The van der Waals surface area contributed by atoms with Crippen molar-refractivity contribution in [1.29, 1.82) is 0 Å². The van der Waals surface area contributed by atoms with Gasteiger partial charge in [-0.15, -0.1) is 0 Å². The predicted octanol–water partition coefficient (Wildman–Crippen LogP) is 3.24. The summed E-state index contributed by atoms with van der Waals surface area (Å²) in [6.07, 6.45) is 8.33. The molecule has 1 aliphatic heterocycles. The smallest absolute Gasteiger partial charge is 0.125 e. The maximum atomic E-state index is 4.56. The Morgan fingerprint density at radius 3 is 2.95 bits per heavy atom. The van der Waals surface area contributed by atoms with Gasteiger partial charge in [-0.1, -0.05) is 0 Å². The van der Waals surface area contributed by atoms with Gasteiger partial charge in [-0.3, -0.25) is 4.90 Å². The van der Waals surface area contributed by atoms with Crippen molar-refractivity contribution < 1.29 is 0 Å². The van der Waals surface area contributed by atoms with Gasteiger partial charge < -0.3 is 9.88 Å². The van der Waals surface area contributed by atoms with Gasteiger partial charge in [0.05, 0.1) is 6.54 Å². The summed E-state index contributed by atoms with van der Waals surface area (Å²) in [6, 6.07) is 5.22. The first kappa shape index (κ1) is 15.0. The number of anilines is 1. The molecular weight excluding hydrogens is 274 g/mol. The molecule has 118 valence electrons. The van der Waals surface area contributed by atoms with Crippen LogP contribution in [0.4, 0.5) is 5.82 Å². The average molecular weight is 299 g/mol. The van der Waals surface area contributed by atoms with Gasteiger partial charge in [0.2, 0.25) is 0 Å². The van der Waals surface area contributed by atoms with Crippen LogP contribution < -0.4 is 5.32 Å². The van der Waals surface area contributed by atoms with Crippen molar-refractivity contribution in [2.75, 3.05) is 18.9 Å². The third-order valence-corrected chi connectivity index (χ3v) is 4.44. The highest BCUT2D eigenvalue weighted by Crippen LogP contribution is 2.33. The van der Waals surface area contributed by atoms with Crippen LogP contribution in [-0.4, -0.2) is 33.0 Å². The minimum Gasteiger partial charge on any atom is -0.373 e. The second-order valence-corrected chi connectivity index (χ2v) is 6.20. The molecule has 0 spiro atoms. The first-order valence-corrected chi connectivity index (χ1v) is 8.08. The van der Waals surface area contributed by atoms with Crippen molar-refractivity contribution in [1.82, 2.24) is 19.4 Å². The molecule has 22 heavy (non-hydrogen) atoms. The minimum atomic E-state index is 0.454. The Morgan fingerprint density at radius 2 is 2.18 bits per heavy atom. The molecule has 1 N–H and O–H groups in total. The number of nitrogens with zero attached hydrogens (tertiary/aromatic N) is 4. The number of hydrogen-bond donors (Lipinski definition) is 1. The summed E-state index contributed by atoms with van der Waals surface area (Å²) in [7, 11) is 1.91. The number of hydrogen-bond acceptors (Lipinski definition) is 4. The van der Waals surface area contributed by atoms with Crippen LogP contribution in [0.15, 0.2) is 30.7 Å². The van der Waals surface area contributed by atoms with Crippen molar-refractivity contribution in [3.8, 4) is 0 Å². The van der Waals surface area contributed by atoms with Gasteiger partial charge >= 0.3 is 0 Å². The van der Waals surface area contributed by atoms with E-state index in [1.54, 1.807) is 0 Å². The highest BCUT2D eigenvalue weighted by atomic mass is 15.2. The Balaban J connectivity index is 1.79. The minimum absolute atomic E-state index is 0.454. The molecule has 1 aliphatic rings. The summed E-state index contributed by atoms with van der Waals surface area (Å²) in [5.74, 6) is 2.10. The van der Waals surface area contributed by atoms with Crippen LogP contribution in [-0.2, 0) is 6.54 Å². The van der Waals surface area contributed by atoms with E-state index in [-0.39, 0.29) is 0 Å². The lowest BCUT2D eigenvalue weighted by atomic mass is 10.1. The van der Waals surface area contributed by atoms with Crippen LogP contribution in [0.25, 0.3) is 0 Å². The lowest BCUT2D eigenvalue weighted by Gasteiger charge is -2.25. The van der Waals surface area contributed by atoms with E-state index in [0.717, 1.165) is 24.7 Å². The Labute approximate surface area is 132 Å². The summed E-state index contributed by atoms with van der Waals surface area (Å²) < 4.78 is 2.26. The second-order valence-electron chi connectivity index (χ2n) is 6.20. The molecule has 0 saturated carbocycles. The highest BCUT2D eigenvalue weighted by Gasteiger charge is 2.27. The van der Waals surface area contributed by atoms with Crippen LogP contribution in [0.2, 0.25) is 0 Å². The number of aromatic nitrogens is 3. The van der Waals surface area contributed by atoms with Crippen LogP contribution in [0.3, 0.4) is 0 Å². The maximum absolute atomic E-state index is 4.56. The van der Waals surface area contributed by atoms with Crippen LogP contribution >= 0.6 is 0 Å². The van der Waals surface area contributed by atoms with E-state index in [4.69, 9.17) is 0 Å². The van der Waals surface area contributed by atoms with E-state index in [1.807, 2.05) is 19.4 Å². The molecule has 2 aromatic rings. The first-order chi connectivity index (χ1) is 10.7. The molecule has 1 unspecified atom stereocenters. The molecule has 0 radical (unpaired) electrons. The number of imidazole rings is 1. The van der Waals surface area contributed by atoms with Gasteiger partial charge in [-0.05, 0) is 50.9 Å². The fourth-order valence-electron chi connectivity index (χ4n) is 3.30. The van der Waals surface area contributed by atoms with Crippen LogP contribution in [0, 0.1) is 0 Å². The summed E-state index contributed by atoms with van der Waals surface area (Å²) in [4.78, 5) is 11.4. The van der Waals surface area contributed by atoms with Gasteiger partial charge in [-0.2, -0.15) is 0 Å². The number of nitrogens with one attached hydrogen (secondary N) is 1. The van der Waals surface area contributed by atoms with E-state index in [1.165, 1.54) is 18.4 Å². The predicted molar refractivity (Wildman–Crippen MR) is 88.8 cm³/mol. The zero-order valence-electron chi connectivity index (χ0n) is 13.7. The molecule has 1 saturated heterocycles. The molecule has 0 bridgehead atoms. The first-order valence-electron chi connectivity index (χ1n) is 8.08. The standard InChI is InChI=1S/C17H25N5/c1-13(2)22-10-8-20-17(22)12-21-9-4-5-15(21)14-6-7-19-16(11-14)18-3/h6-8,10-11,13,15H,4-5,9,12H2,1-3H3,(H,18,19). The van der Waals surface area contributed by atoms with Crippen molar-refractivity contribution >= 4 is 5.82 Å². The molecular formula is C17H25N5. The van der Waals surface area contributed by atoms with E-state index in [2.05, 4.69) is 56.9 Å². The van der Waals surface area contributed by atoms with Gasteiger partial charge in [0.1, 0.15) is 11.6 Å². The Bertz CT molecular complexity index is 619. The molecule has 1 fully saturated rings. The van der Waals surface area contributed by atoms with Gasteiger partial charge in [0, 0.05) is 37.7 Å². The lowest BCUT2D eigenvalue weighted by Crippen LogP contribution is -2.25. The summed E-state index contributed by atoms with van der Waals surface area (Å²) >= 11 is 0. The summed E-state index contributed by atoms with van der Waals surface area (Å²) in [5.41, 5.74) is 1.35. The summed E-state index contributed by atoms with van der Waals surface area (Å²) in [5, 5.41) is 3.13. The van der Waals surface area contributed by atoms with Crippen molar-refractivity contribution in [2.45, 2.75) is 45.3 Å². The Kier molecular flexibility index (Phi) is 4.43. The number of pyridine rings is 1. The topological polar surface area (TPSA) is 46.0 Å². The monoisotopic (exact) mass is 299 g/mol. The third kappa shape index (κ3) is 2.99. The zero-order chi connectivity index (χ0) is 15.5. The average Bonchev–Trinajstić information content (AvgIpc) is 3.17. The molecule has 0 aliphatic carbocycles. The quantitative estimate of drug-likeness (QED) is 0.920. The molecule has 0 aromatic carbocycles. The molecule has 3 rings (SSSR count). The summed E-state index contributed by atoms with van der Waals surface area (Å²) in [6.45, 7) is 6.45. The van der Waals surface area contributed by atoms with Gasteiger partial charge in [-0.25, -0.2) is 9.97 Å². The Hall–Kier alpha value is -1.88. The van der Waals surface area contributed by atoms with Crippen LogP contribution in [0.5, 0.6) is 0 Å². The van der Waals surface area contributed by atoms with E-state index in [9.17, 15) is 0 Å².